The summed E-state index contributed by atoms with van der Waals surface area (Å²) in [4.78, 5) is 23.1. The standard InChI is InChI=1S/C19H26BrClO5/c1-5-7-8-9-16-19(25-13(4)23)10-15(21)18(24-12(3)22)11-17(26-16)14(20)6-2/h1,7-8,14-19H,6,9-11H2,2-4H3/b8-7-/t14?,15-,16-,17+,18-,19+/m0/s1. The summed E-state index contributed by atoms with van der Waals surface area (Å²) in [6.45, 7) is 4.72. The molecule has 1 saturated heterocycles. The van der Waals surface area contributed by atoms with Crippen LogP contribution in [0.1, 0.15) is 46.5 Å². The van der Waals surface area contributed by atoms with Gasteiger partial charge in [-0.3, -0.25) is 9.59 Å². The second kappa shape index (κ2) is 11.6. The Morgan fingerprint density at radius 3 is 2.46 bits per heavy atom. The molecule has 0 aromatic heterocycles. The maximum atomic E-state index is 11.6. The van der Waals surface area contributed by atoms with E-state index >= 15 is 0 Å². The SMILES string of the molecule is C#C/C=C\C[C@@H]1O[C@@H](C(Br)CC)C[C@H](OC(C)=O)[C@@H](Cl)C[C@H]1OC(C)=O. The van der Waals surface area contributed by atoms with Gasteiger partial charge in [-0.1, -0.05) is 34.9 Å². The van der Waals surface area contributed by atoms with Crippen LogP contribution in [0.2, 0.25) is 0 Å². The number of allylic oxidation sites excluding steroid dienone is 1. The summed E-state index contributed by atoms with van der Waals surface area (Å²) in [5.41, 5.74) is 0. The summed E-state index contributed by atoms with van der Waals surface area (Å²) < 4.78 is 17.1. The molecule has 146 valence electrons. The molecule has 0 spiro atoms. The van der Waals surface area contributed by atoms with Gasteiger partial charge in [0, 0.05) is 31.5 Å². The molecule has 7 heteroatoms. The van der Waals surface area contributed by atoms with E-state index in [9.17, 15) is 9.59 Å². The van der Waals surface area contributed by atoms with Crippen molar-refractivity contribution in [1.29, 1.82) is 0 Å². The van der Waals surface area contributed by atoms with Crippen LogP contribution in [0.5, 0.6) is 0 Å². The molecular weight excluding hydrogens is 424 g/mol. The fraction of sp³-hybridized carbons (Fsp3) is 0.684. The minimum absolute atomic E-state index is 0.0413. The fourth-order valence-corrected chi connectivity index (χ4v) is 3.59. The predicted molar refractivity (Wildman–Crippen MR) is 104 cm³/mol. The van der Waals surface area contributed by atoms with Gasteiger partial charge in [-0.15, -0.1) is 18.0 Å². The predicted octanol–water partition coefficient (Wildman–Crippen LogP) is 3.76. The van der Waals surface area contributed by atoms with Gasteiger partial charge >= 0.3 is 11.9 Å². The Hall–Kier alpha value is -1.03. The van der Waals surface area contributed by atoms with Crippen LogP contribution < -0.4 is 0 Å². The molecule has 1 unspecified atom stereocenters. The zero-order valence-electron chi connectivity index (χ0n) is 15.3. The van der Waals surface area contributed by atoms with Gasteiger partial charge in [0.25, 0.3) is 0 Å². The quantitative estimate of drug-likeness (QED) is 0.351. The maximum absolute atomic E-state index is 11.6. The fourth-order valence-electron chi connectivity index (χ4n) is 2.92. The van der Waals surface area contributed by atoms with Crippen molar-refractivity contribution in [3.8, 4) is 12.3 Å². The molecule has 1 aliphatic rings. The molecule has 1 rings (SSSR count). The van der Waals surface area contributed by atoms with E-state index in [4.69, 9.17) is 32.2 Å². The van der Waals surface area contributed by atoms with Gasteiger partial charge in [0.15, 0.2) is 0 Å². The summed E-state index contributed by atoms with van der Waals surface area (Å²) in [5, 5.41) is -0.495. The highest BCUT2D eigenvalue weighted by atomic mass is 79.9. The van der Waals surface area contributed by atoms with E-state index < -0.39 is 29.5 Å². The minimum atomic E-state index is -0.560. The van der Waals surface area contributed by atoms with Crippen molar-refractivity contribution in [2.75, 3.05) is 0 Å². The van der Waals surface area contributed by atoms with Crippen molar-refractivity contribution in [3.05, 3.63) is 12.2 Å². The van der Waals surface area contributed by atoms with Crippen LogP contribution in [0.3, 0.4) is 0 Å². The number of carbonyl (C=O) groups is 2. The van der Waals surface area contributed by atoms with Crippen molar-refractivity contribution < 1.29 is 23.8 Å². The number of hydrogen-bond acceptors (Lipinski definition) is 5. The summed E-state index contributed by atoms with van der Waals surface area (Å²) >= 11 is 10.2. The van der Waals surface area contributed by atoms with Crippen LogP contribution in [0.15, 0.2) is 12.2 Å². The van der Waals surface area contributed by atoms with Crippen molar-refractivity contribution in [1.82, 2.24) is 0 Å². The molecule has 1 heterocycles. The van der Waals surface area contributed by atoms with E-state index in [0.29, 0.717) is 19.3 Å². The van der Waals surface area contributed by atoms with E-state index in [1.807, 2.05) is 13.0 Å². The zero-order valence-corrected chi connectivity index (χ0v) is 17.7. The normalized spacial score (nSPS) is 30.7. The van der Waals surface area contributed by atoms with Gasteiger partial charge in [-0.2, -0.15) is 0 Å². The molecule has 6 atom stereocenters. The number of ether oxygens (including phenoxy) is 3. The topological polar surface area (TPSA) is 61.8 Å². The van der Waals surface area contributed by atoms with Crippen molar-refractivity contribution in [3.63, 3.8) is 0 Å². The van der Waals surface area contributed by atoms with Crippen LogP contribution in [0.4, 0.5) is 0 Å². The molecule has 0 amide bonds. The molecule has 1 aliphatic heterocycles. The van der Waals surface area contributed by atoms with Crippen molar-refractivity contribution in [2.24, 2.45) is 0 Å². The van der Waals surface area contributed by atoms with Gasteiger partial charge in [-0.05, 0) is 18.9 Å². The first-order chi connectivity index (χ1) is 12.3. The summed E-state index contributed by atoms with van der Waals surface area (Å²) in [7, 11) is 0. The molecule has 0 aromatic rings. The Morgan fingerprint density at radius 2 is 1.92 bits per heavy atom. The lowest BCUT2D eigenvalue weighted by molar-refractivity contribution is -0.169. The summed E-state index contributed by atoms with van der Waals surface area (Å²) in [5.74, 6) is 1.62. The molecule has 0 N–H and O–H groups in total. The number of esters is 2. The molecule has 5 nitrogen and oxygen atoms in total. The largest absolute Gasteiger partial charge is 0.461 e. The monoisotopic (exact) mass is 448 g/mol. The number of halogens is 2. The lowest BCUT2D eigenvalue weighted by Gasteiger charge is -2.38. The average molecular weight is 450 g/mol. The molecule has 0 saturated carbocycles. The van der Waals surface area contributed by atoms with Crippen LogP contribution >= 0.6 is 27.5 Å². The number of rotatable bonds is 6. The Morgan fingerprint density at radius 1 is 1.31 bits per heavy atom. The molecule has 0 radical (unpaired) electrons. The van der Waals surface area contributed by atoms with Gasteiger partial charge in [0.2, 0.25) is 0 Å². The van der Waals surface area contributed by atoms with E-state index in [0.717, 1.165) is 6.42 Å². The first kappa shape index (κ1) is 23.0. The molecule has 26 heavy (non-hydrogen) atoms. The number of alkyl halides is 2. The van der Waals surface area contributed by atoms with E-state index in [1.165, 1.54) is 13.8 Å². The Kier molecular flexibility index (Phi) is 10.3. The first-order valence-corrected chi connectivity index (χ1v) is 10.0. The average Bonchev–Trinajstić information content (AvgIpc) is 2.56. The lowest BCUT2D eigenvalue weighted by atomic mass is 9.95. The number of terminal acetylenes is 1. The second-order valence-electron chi connectivity index (χ2n) is 6.23. The molecular formula is C19H26BrClO5. The van der Waals surface area contributed by atoms with Crippen LogP contribution in [-0.2, 0) is 23.8 Å². The second-order valence-corrected chi connectivity index (χ2v) is 7.96. The Balaban J connectivity index is 3.12. The first-order valence-electron chi connectivity index (χ1n) is 8.67. The van der Waals surface area contributed by atoms with Gasteiger partial charge in [0.05, 0.1) is 17.6 Å². The highest BCUT2D eigenvalue weighted by molar-refractivity contribution is 9.09. The minimum Gasteiger partial charge on any atom is -0.461 e. The smallest absolute Gasteiger partial charge is 0.302 e. The molecule has 0 bridgehead atoms. The van der Waals surface area contributed by atoms with Gasteiger partial charge in [-0.25, -0.2) is 0 Å². The van der Waals surface area contributed by atoms with E-state index in [1.54, 1.807) is 6.08 Å². The van der Waals surface area contributed by atoms with Crippen LogP contribution in [-0.4, -0.2) is 46.6 Å². The zero-order chi connectivity index (χ0) is 19.7. The lowest BCUT2D eigenvalue weighted by Crippen LogP contribution is -2.47. The van der Waals surface area contributed by atoms with Crippen LogP contribution in [0, 0.1) is 12.3 Å². The highest BCUT2D eigenvalue weighted by Crippen LogP contribution is 2.32. The highest BCUT2D eigenvalue weighted by Gasteiger charge is 2.39. The maximum Gasteiger partial charge on any atom is 0.302 e. The van der Waals surface area contributed by atoms with Crippen LogP contribution in [0.25, 0.3) is 0 Å². The van der Waals surface area contributed by atoms with Gasteiger partial charge < -0.3 is 14.2 Å². The Labute approximate surface area is 168 Å². The summed E-state index contributed by atoms with van der Waals surface area (Å²) in [6, 6.07) is 0. The molecule has 1 fully saturated rings. The number of carbonyl (C=O) groups excluding carboxylic acids is 2. The molecule has 0 aromatic carbocycles. The van der Waals surface area contributed by atoms with E-state index in [-0.39, 0.29) is 17.0 Å². The third kappa shape index (κ3) is 7.69. The van der Waals surface area contributed by atoms with Crippen molar-refractivity contribution >= 4 is 39.5 Å². The molecule has 0 aliphatic carbocycles. The van der Waals surface area contributed by atoms with Crippen molar-refractivity contribution in [2.45, 2.75) is 81.1 Å². The van der Waals surface area contributed by atoms with E-state index in [2.05, 4.69) is 21.9 Å². The Bertz CT molecular complexity index is 545. The summed E-state index contributed by atoms with van der Waals surface area (Å²) in [6.07, 6.45) is 9.01. The number of hydrogen-bond donors (Lipinski definition) is 0. The third-order valence-electron chi connectivity index (χ3n) is 4.10. The third-order valence-corrected chi connectivity index (χ3v) is 5.80. The van der Waals surface area contributed by atoms with Gasteiger partial charge in [0.1, 0.15) is 12.2 Å².